The van der Waals surface area contributed by atoms with Gasteiger partial charge in [0.05, 0.1) is 12.5 Å². The van der Waals surface area contributed by atoms with Gasteiger partial charge in [-0.25, -0.2) is 4.39 Å². The van der Waals surface area contributed by atoms with Crippen LogP contribution in [0.4, 0.5) is 10.1 Å². The lowest BCUT2D eigenvalue weighted by Gasteiger charge is -2.32. The molecule has 3 N–H and O–H groups in total. The van der Waals surface area contributed by atoms with E-state index in [0.717, 1.165) is 36.5 Å². The van der Waals surface area contributed by atoms with Gasteiger partial charge >= 0.3 is 0 Å². The highest BCUT2D eigenvalue weighted by Crippen LogP contribution is 2.21. The van der Waals surface area contributed by atoms with Gasteiger partial charge in [0.25, 0.3) is 0 Å². The molecule has 2 aliphatic heterocycles. The number of likely N-dealkylation sites (tertiary alicyclic amines) is 1. The van der Waals surface area contributed by atoms with Crippen molar-refractivity contribution in [2.24, 2.45) is 5.92 Å². The molecule has 230 valence electrons. The lowest BCUT2D eigenvalue weighted by molar-refractivity contribution is -0.141. The predicted octanol–water partition coefficient (Wildman–Crippen LogP) is 6.17. The molecule has 1 atom stereocenters. The van der Waals surface area contributed by atoms with Crippen LogP contribution in [0.1, 0.15) is 36.8 Å². The van der Waals surface area contributed by atoms with E-state index in [4.69, 9.17) is 23.2 Å². The standard InChI is InChI=1S/C19H25ClN4O3.C7H7Cl.C7H7F/c20-14-2-1-3-16(10-14)23-19(27)13-4-5-18(26)24(11-13)12-17(25)22-15-6-8-21-9-7-15;1-6-3-2-4-7(8)5-6;1-6-2-4-7(8)5-3-6/h1-3,10,13,15,21H,4-9,11-12H2,(H,22,25)(H,23,27);2*2-5H,1H3. The van der Waals surface area contributed by atoms with Gasteiger partial charge in [0, 0.05) is 34.7 Å². The van der Waals surface area contributed by atoms with E-state index in [0.29, 0.717) is 17.1 Å². The summed E-state index contributed by atoms with van der Waals surface area (Å²) in [5.74, 6) is -0.911. The average molecular weight is 630 g/mol. The van der Waals surface area contributed by atoms with E-state index in [-0.39, 0.29) is 55.0 Å². The fourth-order valence-electron chi connectivity index (χ4n) is 4.64. The zero-order chi connectivity index (χ0) is 31.2. The van der Waals surface area contributed by atoms with Crippen molar-refractivity contribution in [1.29, 1.82) is 0 Å². The highest BCUT2D eigenvalue weighted by molar-refractivity contribution is 6.31. The van der Waals surface area contributed by atoms with Gasteiger partial charge in [-0.2, -0.15) is 0 Å². The van der Waals surface area contributed by atoms with Gasteiger partial charge in [0.1, 0.15) is 5.82 Å². The molecule has 0 bridgehead atoms. The second-order valence-electron chi connectivity index (χ2n) is 10.7. The smallest absolute Gasteiger partial charge is 0.239 e. The molecule has 2 saturated heterocycles. The highest BCUT2D eigenvalue weighted by atomic mass is 35.5. The second kappa shape index (κ2) is 17.6. The third-order valence-corrected chi connectivity index (χ3v) is 7.46. The van der Waals surface area contributed by atoms with E-state index in [2.05, 4.69) is 16.0 Å². The van der Waals surface area contributed by atoms with Crippen molar-refractivity contribution in [3.8, 4) is 0 Å². The molecule has 3 aromatic rings. The Kier molecular flexibility index (Phi) is 13.9. The number of carbonyl (C=O) groups excluding carboxylic acids is 3. The first-order chi connectivity index (χ1) is 20.6. The second-order valence-corrected chi connectivity index (χ2v) is 11.6. The van der Waals surface area contributed by atoms with E-state index in [9.17, 15) is 18.8 Å². The van der Waals surface area contributed by atoms with Crippen LogP contribution in [0.15, 0.2) is 72.8 Å². The minimum atomic E-state index is -0.339. The molecular formula is C33H39Cl2FN4O3. The van der Waals surface area contributed by atoms with Gasteiger partial charge in [-0.05, 0) is 94.2 Å². The topological polar surface area (TPSA) is 90.5 Å². The number of rotatable bonds is 5. The van der Waals surface area contributed by atoms with Crippen molar-refractivity contribution in [2.45, 2.75) is 45.6 Å². The number of carbonyl (C=O) groups is 3. The summed E-state index contributed by atoms with van der Waals surface area (Å²) < 4.78 is 12.1. The highest BCUT2D eigenvalue weighted by Gasteiger charge is 2.31. The minimum Gasteiger partial charge on any atom is -0.352 e. The van der Waals surface area contributed by atoms with Gasteiger partial charge in [0.15, 0.2) is 0 Å². The minimum absolute atomic E-state index is 0.00368. The van der Waals surface area contributed by atoms with Gasteiger partial charge in [-0.15, -0.1) is 0 Å². The molecule has 0 aromatic heterocycles. The third-order valence-electron chi connectivity index (χ3n) is 6.99. The van der Waals surface area contributed by atoms with E-state index >= 15 is 0 Å². The summed E-state index contributed by atoms with van der Waals surface area (Å²) in [6.45, 7) is 5.98. The molecular weight excluding hydrogens is 590 g/mol. The lowest BCUT2D eigenvalue weighted by atomic mass is 9.96. The zero-order valence-electron chi connectivity index (χ0n) is 24.5. The Morgan fingerprint density at radius 3 is 2.14 bits per heavy atom. The number of piperidine rings is 2. The first-order valence-corrected chi connectivity index (χ1v) is 15.1. The van der Waals surface area contributed by atoms with E-state index in [1.807, 2.05) is 38.1 Å². The predicted molar refractivity (Wildman–Crippen MR) is 171 cm³/mol. The van der Waals surface area contributed by atoms with Crippen LogP contribution in [0.5, 0.6) is 0 Å². The quantitative estimate of drug-likeness (QED) is 0.315. The van der Waals surface area contributed by atoms with Crippen molar-refractivity contribution < 1.29 is 18.8 Å². The summed E-state index contributed by atoms with van der Waals surface area (Å²) in [6.07, 6.45) is 2.54. The number of halogens is 3. The number of benzene rings is 3. The number of amides is 3. The van der Waals surface area contributed by atoms with Crippen LogP contribution in [0.2, 0.25) is 10.0 Å². The summed E-state index contributed by atoms with van der Waals surface area (Å²) >= 11 is 11.6. The molecule has 7 nitrogen and oxygen atoms in total. The average Bonchev–Trinajstić information content (AvgIpc) is 2.97. The van der Waals surface area contributed by atoms with Gasteiger partial charge in [-0.3, -0.25) is 14.4 Å². The fraction of sp³-hybridized carbons (Fsp3) is 0.364. The zero-order valence-corrected chi connectivity index (χ0v) is 26.1. The Hall–Kier alpha value is -3.46. The monoisotopic (exact) mass is 628 g/mol. The summed E-state index contributed by atoms with van der Waals surface area (Å²) in [4.78, 5) is 38.5. The largest absolute Gasteiger partial charge is 0.352 e. The Labute approximate surface area is 263 Å². The van der Waals surface area contributed by atoms with Crippen molar-refractivity contribution in [1.82, 2.24) is 15.5 Å². The lowest BCUT2D eigenvalue weighted by Crippen LogP contribution is -2.50. The molecule has 2 heterocycles. The van der Waals surface area contributed by atoms with Crippen LogP contribution >= 0.6 is 23.2 Å². The van der Waals surface area contributed by atoms with Crippen molar-refractivity contribution in [2.75, 3.05) is 31.5 Å². The summed E-state index contributed by atoms with van der Waals surface area (Å²) in [5.41, 5.74) is 2.92. The van der Waals surface area contributed by atoms with Crippen molar-refractivity contribution in [3.63, 3.8) is 0 Å². The Morgan fingerprint density at radius 2 is 1.56 bits per heavy atom. The SMILES string of the molecule is Cc1ccc(F)cc1.Cc1cccc(Cl)c1.O=C(CN1CC(C(=O)Nc2cccc(Cl)c2)CCC1=O)NC1CCNCC1. The van der Waals surface area contributed by atoms with Crippen LogP contribution in [0, 0.1) is 25.6 Å². The molecule has 43 heavy (non-hydrogen) atoms. The number of nitrogens with one attached hydrogen (secondary N) is 3. The molecule has 2 fully saturated rings. The van der Waals surface area contributed by atoms with E-state index in [1.165, 1.54) is 22.6 Å². The normalized spacial score (nSPS) is 16.6. The number of hydrogen-bond acceptors (Lipinski definition) is 4. The van der Waals surface area contributed by atoms with Crippen LogP contribution in [0.3, 0.4) is 0 Å². The Balaban J connectivity index is 0.000000255. The number of aryl methyl sites for hydroxylation is 2. The molecule has 3 amide bonds. The van der Waals surface area contributed by atoms with Crippen LogP contribution in [0.25, 0.3) is 0 Å². The van der Waals surface area contributed by atoms with Gasteiger partial charge in [0.2, 0.25) is 17.7 Å². The molecule has 5 rings (SSSR count). The van der Waals surface area contributed by atoms with Crippen LogP contribution in [-0.4, -0.2) is 54.8 Å². The summed E-state index contributed by atoms with van der Waals surface area (Å²) in [5, 5.41) is 10.4. The Bertz CT molecular complexity index is 1310. The first-order valence-electron chi connectivity index (χ1n) is 14.4. The summed E-state index contributed by atoms with van der Waals surface area (Å²) in [6, 6.07) is 21.3. The number of nitrogens with zero attached hydrogens (tertiary/aromatic N) is 1. The molecule has 0 spiro atoms. The van der Waals surface area contributed by atoms with E-state index < -0.39 is 0 Å². The number of hydrogen-bond donors (Lipinski definition) is 3. The van der Waals surface area contributed by atoms with Gasteiger partial charge < -0.3 is 20.9 Å². The third kappa shape index (κ3) is 12.7. The number of anilines is 1. The molecule has 10 heteroatoms. The van der Waals surface area contributed by atoms with Crippen LogP contribution in [-0.2, 0) is 14.4 Å². The maximum atomic E-state index is 12.5. The summed E-state index contributed by atoms with van der Waals surface area (Å²) in [7, 11) is 0. The molecule has 0 saturated carbocycles. The van der Waals surface area contributed by atoms with Crippen molar-refractivity contribution in [3.05, 3.63) is 99.8 Å². The molecule has 1 unspecified atom stereocenters. The molecule has 0 radical (unpaired) electrons. The van der Waals surface area contributed by atoms with Gasteiger partial charge in [-0.1, -0.05) is 59.1 Å². The van der Waals surface area contributed by atoms with Crippen molar-refractivity contribution >= 4 is 46.6 Å². The maximum absolute atomic E-state index is 12.5. The molecule has 3 aromatic carbocycles. The van der Waals surface area contributed by atoms with E-state index in [1.54, 1.807) is 36.4 Å². The fourth-order valence-corrected chi connectivity index (χ4v) is 5.08. The van der Waals surface area contributed by atoms with Crippen LogP contribution < -0.4 is 16.0 Å². The first kappa shape index (κ1) is 34.0. The Morgan fingerprint density at radius 1 is 0.907 bits per heavy atom. The molecule has 2 aliphatic rings. The maximum Gasteiger partial charge on any atom is 0.239 e. The molecule has 0 aliphatic carbocycles.